The lowest BCUT2D eigenvalue weighted by Gasteiger charge is -2.37. The second-order valence-electron chi connectivity index (χ2n) is 7.69. The monoisotopic (exact) mass is 483 g/mol. The Morgan fingerprint density at radius 2 is 1.79 bits per heavy atom. The molecule has 0 aliphatic carbocycles. The number of carbonyl (C=O) groups excluding carboxylic acids is 1. The predicted octanol–water partition coefficient (Wildman–Crippen LogP) is 5.17. The maximum Gasteiger partial charge on any atom is 0.341 e. The predicted molar refractivity (Wildman–Crippen MR) is 136 cm³/mol. The number of carbonyl (C=O) groups is 1. The van der Waals surface area contributed by atoms with Crippen LogP contribution in [0.25, 0.3) is 0 Å². The Balaban J connectivity index is 1.44. The first kappa shape index (κ1) is 23.2. The maximum absolute atomic E-state index is 14.1. The number of halogens is 1. The van der Waals surface area contributed by atoms with Gasteiger partial charge in [0.1, 0.15) is 10.8 Å². The topological polar surface area (TPSA) is 44.8 Å². The van der Waals surface area contributed by atoms with Gasteiger partial charge in [-0.15, -0.1) is 11.3 Å². The van der Waals surface area contributed by atoms with Gasteiger partial charge < -0.3 is 19.9 Å². The van der Waals surface area contributed by atoms with E-state index in [1.807, 2.05) is 35.2 Å². The molecule has 0 unspecified atom stereocenters. The minimum Gasteiger partial charge on any atom is -0.462 e. The molecule has 0 spiro atoms. The van der Waals surface area contributed by atoms with Crippen LogP contribution >= 0.6 is 23.6 Å². The van der Waals surface area contributed by atoms with Gasteiger partial charge in [0.2, 0.25) is 0 Å². The summed E-state index contributed by atoms with van der Waals surface area (Å²) in [5.74, 6) is -0.571. The SMILES string of the molecule is CCOC(=O)c1cc(Cc2ccccc2)sc1NC(=S)N1CCN(c2ccccc2F)CC1. The third-order valence-electron chi connectivity index (χ3n) is 5.48. The number of anilines is 2. The fourth-order valence-electron chi connectivity index (χ4n) is 3.81. The lowest BCUT2D eigenvalue weighted by Crippen LogP contribution is -2.50. The van der Waals surface area contributed by atoms with Crippen molar-refractivity contribution in [1.29, 1.82) is 0 Å². The van der Waals surface area contributed by atoms with Crippen LogP contribution in [0.2, 0.25) is 0 Å². The average Bonchev–Trinajstić information content (AvgIpc) is 3.22. The van der Waals surface area contributed by atoms with E-state index < -0.39 is 0 Å². The van der Waals surface area contributed by atoms with Crippen LogP contribution in [-0.4, -0.2) is 48.8 Å². The highest BCUT2D eigenvalue weighted by Crippen LogP contribution is 2.31. The van der Waals surface area contributed by atoms with Gasteiger partial charge in [-0.3, -0.25) is 0 Å². The van der Waals surface area contributed by atoms with Gasteiger partial charge in [-0.25, -0.2) is 9.18 Å². The van der Waals surface area contributed by atoms with Crippen LogP contribution in [0.3, 0.4) is 0 Å². The lowest BCUT2D eigenvalue weighted by molar-refractivity contribution is 0.0528. The van der Waals surface area contributed by atoms with Crippen LogP contribution in [0.5, 0.6) is 0 Å². The number of piperazine rings is 1. The van der Waals surface area contributed by atoms with E-state index in [2.05, 4.69) is 22.3 Å². The Morgan fingerprint density at radius 1 is 1.09 bits per heavy atom. The maximum atomic E-state index is 14.1. The Kier molecular flexibility index (Phi) is 7.57. The number of hydrogen-bond donors (Lipinski definition) is 1. The van der Waals surface area contributed by atoms with Gasteiger partial charge in [0, 0.05) is 37.5 Å². The molecular formula is C25H26FN3O2S2. The van der Waals surface area contributed by atoms with E-state index in [1.165, 1.54) is 23.0 Å². The lowest BCUT2D eigenvalue weighted by atomic mass is 10.1. The second-order valence-corrected chi connectivity index (χ2v) is 9.22. The van der Waals surface area contributed by atoms with Gasteiger partial charge in [0.25, 0.3) is 0 Å². The minimum atomic E-state index is -0.359. The van der Waals surface area contributed by atoms with Crippen molar-refractivity contribution in [3.8, 4) is 0 Å². The molecule has 0 radical (unpaired) electrons. The highest BCUT2D eigenvalue weighted by Gasteiger charge is 2.23. The number of hydrogen-bond acceptors (Lipinski definition) is 5. The fraction of sp³-hybridized carbons (Fsp3) is 0.280. The summed E-state index contributed by atoms with van der Waals surface area (Å²) in [6, 6.07) is 18.8. The Hall–Kier alpha value is -2.97. The number of esters is 1. The standard InChI is InChI=1S/C25H26FN3O2S2/c1-2-31-24(30)20-17-19(16-18-8-4-3-5-9-18)33-23(20)27-25(32)29-14-12-28(13-15-29)22-11-7-6-10-21(22)26/h3-11,17H,2,12-16H2,1H3,(H,27,32). The molecule has 2 heterocycles. The summed E-state index contributed by atoms with van der Waals surface area (Å²) >= 11 is 7.18. The molecule has 5 nitrogen and oxygen atoms in total. The fourth-order valence-corrected chi connectivity index (χ4v) is 5.24. The normalized spacial score (nSPS) is 13.6. The highest BCUT2D eigenvalue weighted by molar-refractivity contribution is 7.80. The van der Waals surface area contributed by atoms with E-state index in [-0.39, 0.29) is 11.8 Å². The number of ether oxygens (including phenoxy) is 1. The molecule has 4 rings (SSSR count). The molecule has 0 bridgehead atoms. The van der Waals surface area contributed by atoms with Crippen LogP contribution in [0.4, 0.5) is 15.1 Å². The first-order valence-corrected chi connectivity index (χ1v) is 12.2. The molecule has 8 heteroatoms. The number of para-hydroxylation sites is 1. The van der Waals surface area contributed by atoms with Crippen molar-refractivity contribution >= 4 is 45.3 Å². The molecule has 0 atom stereocenters. The largest absolute Gasteiger partial charge is 0.462 e. The summed E-state index contributed by atoms with van der Waals surface area (Å²) in [7, 11) is 0. The molecule has 2 aromatic carbocycles. The molecule has 3 aromatic rings. The van der Waals surface area contributed by atoms with Crippen molar-refractivity contribution in [2.45, 2.75) is 13.3 Å². The zero-order chi connectivity index (χ0) is 23.2. The van der Waals surface area contributed by atoms with Gasteiger partial charge in [0.05, 0.1) is 17.9 Å². The first-order valence-electron chi connectivity index (χ1n) is 10.9. The van der Waals surface area contributed by atoms with Crippen molar-refractivity contribution in [3.05, 3.63) is 82.5 Å². The van der Waals surface area contributed by atoms with E-state index in [9.17, 15) is 9.18 Å². The summed E-state index contributed by atoms with van der Waals surface area (Å²) in [4.78, 5) is 17.7. The summed E-state index contributed by atoms with van der Waals surface area (Å²) in [6.07, 6.45) is 0.730. The quantitative estimate of drug-likeness (QED) is 0.385. The van der Waals surface area contributed by atoms with E-state index in [1.54, 1.807) is 19.1 Å². The second kappa shape index (κ2) is 10.8. The molecule has 1 saturated heterocycles. The molecule has 1 fully saturated rings. The van der Waals surface area contributed by atoms with Crippen molar-refractivity contribution in [1.82, 2.24) is 4.90 Å². The zero-order valence-corrected chi connectivity index (χ0v) is 20.1. The summed E-state index contributed by atoms with van der Waals surface area (Å²) < 4.78 is 19.4. The molecule has 1 N–H and O–H groups in total. The number of thiocarbonyl (C=S) groups is 1. The Bertz CT molecular complexity index is 1110. The van der Waals surface area contributed by atoms with Crippen molar-refractivity contribution in [2.24, 2.45) is 0 Å². The molecule has 0 saturated carbocycles. The van der Waals surface area contributed by atoms with Gasteiger partial charge >= 0.3 is 5.97 Å². The molecule has 1 aromatic heterocycles. The number of benzene rings is 2. The third kappa shape index (κ3) is 5.69. The first-order chi connectivity index (χ1) is 16.0. The number of thiophene rings is 1. The van der Waals surface area contributed by atoms with Crippen LogP contribution in [0.15, 0.2) is 60.7 Å². The number of nitrogens with one attached hydrogen (secondary N) is 1. The van der Waals surface area contributed by atoms with Gasteiger partial charge in [0.15, 0.2) is 5.11 Å². The molecule has 172 valence electrons. The zero-order valence-electron chi connectivity index (χ0n) is 18.4. The smallest absolute Gasteiger partial charge is 0.341 e. The third-order valence-corrected chi connectivity index (χ3v) is 6.89. The van der Waals surface area contributed by atoms with Gasteiger partial charge in [-0.05, 0) is 42.9 Å². The average molecular weight is 484 g/mol. The van der Waals surface area contributed by atoms with Crippen LogP contribution in [-0.2, 0) is 11.2 Å². The molecule has 1 aliphatic rings. The van der Waals surface area contributed by atoms with E-state index in [0.717, 1.165) is 11.3 Å². The molecular weight excluding hydrogens is 457 g/mol. The summed E-state index contributed by atoms with van der Waals surface area (Å²) in [6.45, 7) is 4.76. The van der Waals surface area contributed by atoms with Crippen LogP contribution in [0.1, 0.15) is 27.7 Å². The van der Waals surface area contributed by atoms with Crippen molar-refractivity contribution < 1.29 is 13.9 Å². The summed E-state index contributed by atoms with van der Waals surface area (Å²) in [5, 5.41) is 4.53. The summed E-state index contributed by atoms with van der Waals surface area (Å²) in [5.41, 5.74) is 2.29. The van der Waals surface area contributed by atoms with Crippen LogP contribution < -0.4 is 10.2 Å². The Morgan fingerprint density at radius 3 is 2.48 bits per heavy atom. The van der Waals surface area contributed by atoms with E-state index in [4.69, 9.17) is 17.0 Å². The van der Waals surface area contributed by atoms with Crippen molar-refractivity contribution in [3.63, 3.8) is 0 Å². The molecule has 1 aliphatic heterocycles. The molecule has 0 amide bonds. The van der Waals surface area contributed by atoms with E-state index in [0.29, 0.717) is 54.2 Å². The Labute approximate surface area is 202 Å². The molecule has 33 heavy (non-hydrogen) atoms. The van der Waals surface area contributed by atoms with E-state index >= 15 is 0 Å². The number of nitrogens with zero attached hydrogens (tertiary/aromatic N) is 2. The van der Waals surface area contributed by atoms with Gasteiger partial charge in [-0.1, -0.05) is 42.5 Å². The van der Waals surface area contributed by atoms with Crippen LogP contribution in [0, 0.1) is 5.82 Å². The highest BCUT2D eigenvalue weighted by atomic mass is 32.1. The van der Waals surface area contributed by atoms with Crippen molar-refractivity contribution in [2.75, 3.05) is 43.0 Å². The minimum absolute atomic E-state index is 0.213. The van der Waals surface area contributed by atoms with Gasteiger partial charge in [-0.2, -0.15) is 0 Å². The number of rotatable bonds is 6.